The molecular formula is C53H114N6O11. The summed E-state index contributed by atoms with van der Waals surface area (Å²) in [5.74, 6) is -2.96. The van der Waals surface area contributed by atoms with Gasteiger partial charge in [0, 0.05) is 45.2 Å². The number of hydrogen-bond acceptors (Lipinski definition) is 13. The summed E-state index contributed by atoms with van der Waals surface area (Å²) in [6.07, 6.45) is 36.5. The quantitative estimate of drug-likeness (QED) is 0.0201. The summed E-state index contributed by atoms with van der Waals surface area (Å²) in [6, 6.07) is 0. The average Bonchev–Trinajstić information content (AvgIpc) is 3.33. The standard InChI is InChI=1S/C11H20O4.C11H22O2.C10H18O2.3C7H18N2O/c12-10(13)8-6-4-2-1-3-5-7-9-11(14)15;1-2-3-4-5-6-7-8-9-10-11(12)13;1-2-3-4-5-6-7-8-9-10(11)12;3*8-4-1-2-5-9-6-3-7-10/h1-9H2,(H,12,13)(H,14,15);2-10H2,1H3,(H,12,13);8-9H,2-7H2,1H3,(H,11,12);3*9-10H,1-8H2. The molecule has 0 fully saturated rings. The van der Waals surface area contributed by atoms with E-state index in [2.05, 4.69) is 29.8 Å². The SMILES string of the molecule is CCCCCCCC=CC(=O)O.CCCCCCCCCCC(=O)O.NCCCCNCCCO.NCCCCNCCCO.NCCCCNCCCO.O=C(O)CCCCCCCCCC(=O)O. The lowest BCUT2D eigenvalue weighted by Crippen LogP contribution is -2.18. The van der Waals surface area contributed by atoms with Gasteiger partial charge in [-0.05, 0) is 149 Å². The lowest BCUT2D eigenvalue weighted by molar-refractivity contribution is -0.138. The predicted octanol–water partition coefficient (Wildman–Crippen LogP) is 8.35. The normalized spacial score (nSPS) is 10.3. The summed E-state index contributed by atoms with van der Waals surface area (Å²) in [6.45, 7) is 13.4. The Labute approximate surface area is 427 Å². The molecule has 0 aromatic heterocycles. The van der Waals surface area contributed by atoms with Gasteiger partial charge in [0.1, 0.15) is 0 Å². The first-order valence-electron chi connectivity index (χ1n) is 27.5. The number of carbonyl (C=O) groups is 4. The Bertz CT molecular complexity index is 935. The highest BCUT2D eigenvalue weighted by Gasteiger charge is 1.99. The van der Waals surface area contributed by atoms with Crippen LogP contribution in [0.25, 0.3) is 0 Å². The molecule has 0 rings (SSSR count). The van der Waals surface area contributed by atoms with Gasteiger partial charge in [0.15, 0.2) is 0 Å². The van der Waals surface area contributed by atoms with E-state index in [-0.39, 0.29) is 32.7 Å². The maximum Gasteiger partial charge on any atom is 0.327 e. The monoisotopic (exact) mass is 1010 g/mol. The van der Waals surface area contributed by atoms with Gasteiger partial charge in [-0.3, -0.25) is 14.4 Å². The first-order valence-corrected chi connectivity index (χ1v) is 27.5. The van der Waals surface area contributed by atoms with E-state index in [1.807, 2.05) is 0 Å². The summed E-state index contributed by atoms with van der Waals surface area (Å²) in [4.78, 5) is 40.6. The van der Waals surface area contributed by atoms with Crippen LogP contribution < -0.4 is 33.2 Å². The number of aliphatic hydroxyl groups is 3. The van der Waals surface area contributed by atoms with E-state index in [4.69, 9.17) is 52.9 Å². The number of aliphatic carboxylic acids is 4. The highest BCUT2D eigenvalue weighted by atomic mass is 16.4. The van der Waals surface area contributed by atoms with E-state index in [1.165, 1.54) is 70.3 Å². The lowest BCUT2D eigenvalue weighted by Gasteiger charge is -2.00. The summed E-state index contributed by atoms with van der Waals surface area (Å²) in [7, 11) is 0. The minimum absolute atomic E-state index is 0.263. The Morgan fingerprint density at radius 3 is 0.857 bits per heavy atom. The molecule has 0 aromatic rings. The second-order valence-electron chi connectivity index (χ2n) is 17.3. The van der Waals surface area contributed by atoms with Crippen LogP contribution in [0.4, 0.5) is 0 Å². The third kappa shape index (κ3) is 111. The van der Waals surface area contributed by atoms with Crippen molar-refractivity contribution in [2.75, 3.05) is 78.7 Å². The average molecular weight is 1010 g/mol. The molecule has 0 aliphatic rings. The molecule has 70 heavy (non-hydrogen) atoms. The van der Waals surface area contributed by atoms with E-state index in [9.17, 15) is 19.2 Å². The fourth-order valence-electron chi connectivity index (χ4n) is 6.07. The van der Waals surface area contributed by atoms with Crippen LogP contribution in [0.5, 0.6) is 0 Å². The Kier molecular flexibility index (Phi) is 90.3. The molecule has 0 aliphatic carbocycles. The molecule has 0 saturated carbocycles. The summed E-state index contributed by atoms with van der Waals surface area (Å²) < 4.78 is 0. The van der Waals surface area contributed by atoms with Gasteiger partial charge < -0.3 is 68.9 Å². The predicted molar refractivity (Wildman–Crippen MR) is 290 cm³/mol. The highest BCUT2D eigenvalue weighted by Crippen LogP contribution is 2.11. The number of unbranched alkanes of at least 4 members (excludes halogenated alkanes) is 21. The van der Waals surface area contributed by atoms with Gasteiger partial charge in [-0.15, -0.1) is 0 Å². The van der Waals surface area contributed by atoms with Crippen molar-refractivity contribution in [2.24, 2.45) is 17.2 Å². The molecule has 0 bridgehead atoms. The molecule has 16 N–H and O–H groups in total. The molecule has 0 saturated heterocycles. The fraction of sp³-hybridized carbons (Fsp3) is 0.887. The zero-order chi connectivity index (χ0) is 53.7. The zero-order valence-electron chi connectivity index (χ0n) is 45.0. The molecule has 17 heteroatoms. The number of allylic oxidation sites excluding steroid dienone is 1. The summed E-state index contributed by atoms with van der Waals surface area (Å²) in [5, 5.41) is 68.3. The summed E-state index contributed by atoms with van der Waals surface area (Å²) in [5.41, 5.74) is 15.9. The number of nitrogens with two attached hydrogens (primary N) is 3. The molecule has 0 amide bonds. The molecule has 422 valence electrons. The topological polar surface area (TPSA) is 324 Å². The van der Waals surface area contributed by atoms with Crippen LogP contribution in [0.1, 0.15) is 226 Å². The van der Waals surface area contributed by atoms with Crippen molar-refractivity contribution in [3.8, 4) is 0 Å². The van der Waals surface area contributed by atoms with E-state index < -0.39 is 23.9 Å². The second-order valence-corrected chi connectivity index (χ2v) is 17.3. The molecule has 17 nitrogen and oxygen atoms in total. The van der Waals surface area contributed by atoms with Crippen LogP contribution in [0, 0.1) is 0 Å². The molecule has 0 aliphatic heterocycles. The number of carboxylic acids is 4. The van der Waals surface area contributed by atoms with Crippen molar-refractivity contribution in [1.82, 2.24) is 16.0 Å². The number of hydrogen-bond donors (Lipinski definition) is 13. The number of carboxylic acid groups (broad SMARTS) is 4. The van der Waals surface area contributed by atoms with Gasteiger partial charge >= 0.3 is 23.9 Å². The Morgan fingerprint density at radius 1 is 0.357 bits per heavy atom. The molecule has 0 atom stereocenters. The minimum Gasteiger partial charge on any atom is -0.481 e. The zero-order valence-corrected chi connectivity index (χ0v) is 45.0. The Hall–Kier alpha value is -2.74. The van der Waals surface area contributed by atoms with Gasteiger partial charge in [-0.25, -0.2) is 4.79 Å². The van der Waals surface area contributed by atoms with Crippen molar-refractivity contribution >= 4 is 23.9 Å². The van der Waals surface area contributed by atoms with Gasteiger partial charge in [0.2, 0.25) is 0 Å². The smallest absolute Gasteiger partial charge is 0.327 e. The lowest BCUT2D eigenvalue weighted by atomic mass is 10.1. The Balaban J connectivity index is -0.000000177. The van der Waals surface area contributed by atoms with Crippen molar-refractivity contribution < 1.29 is 54.9 Å². The number of aliphatic hydroxyl groups excluding tert-OH is 3. The first kappa shape index (κ1) is 78.7. The molecular weight excluding hydrogens is 897 g/mol. The van der Waals surface area contributed by atoms with Crippen molar-refractivity contribution in [1.29, 1.82) is 0 Å². The third-order valence-electron chi connectivity index (χ3n) is 10.2. The van der Waals surface area contributed by atoms with Crippen LogP contribution >= 0.6 is 0 Å². The van der Waals surface area contributed by atoms with E-state index in [0.29, 0.717) is 6.42 Å². The van der Waals surface area contributed by atoms with E-state index >= 15 is 0 Å². The van der Waals surface area contributed by atoms with Gasteiger partial charge in [-0.1, -0.05) is 123 Å². The van der Waals surface area contributed by atoms with Crippen LogP contribution in [0.3, 0.4) is 0 Å². The minimum atomic E-state index is -0.844. The van der Waals surface area contributed by atoms with Crippen LogP contribution in [-0.4, -0.2) is 138 Å². The number of nitrogens with one attached hydrogen (secondary N) is 3. The van der Waals surface area contributed by atoms with Crippen LogP contribution in [0.15, 0.2) is 12.2 Å². The molecule has 0 aromatic carbocycles. The van der Waals surface area contributed by atoms with Crippen molar-refractivity contribution in [3.63, 3.8) is 0 Å². The van der Waals surface area contributed by atoms with E-state index in [0.717, 1.165) is 187 Å². The molecule has 0 spiro atoms. The second kappa shape index (κ2) is 80.4. The molecule has 0 heterocycles. The van der Waals surface area contributed by atoms with E-state index in [1.54, 1.807) is 6.08 Å². The fourth-order valence-corrected chi connectivity index (χ4v) is 6.07. The summed E-state index contributed by atoms with van der Waals surface area (Å²) >= 11 is 0. The highest BCUT2D eigenvalue weighted by molar-refractivity contribution is 5.79. The van der Waals surface area contributed by atoms with Crippen LogP contribution in [-0.2, 0) is 19.2 Å². The van der Waals surface area contributed by atoms with Crippen molar-refractivity contribution in [2.45, 2.75) is 226 Å². The maximum atomic E-state index is 10.2. The van der Waals surface area contributed by atoms with Crippen LogP contribution in [0.2, 0.25) is 0 Å². The Morgan fingerprint density at radius 2 is 0.614 bits per heavy atom. The maximum absolute atomic E-state index is 10.2. The van der Waals surface area contributed by atoms with Gasteiger partial charge in [-0.2, -0.15) is 0 Å². The first-order chi connectivity index (χ1) is 33.9. The number of rotatable bonds is 47. The molecule has 0 radical (unpaired) electrons. The van der Waals surface area contributed by atoms with Gasteiger partial charge in [0.25, 0.3) is 0 Å². The van der Waals surface area contributed by atoms with Gasteiger partial charge in [0.05, 0.1) is 0 Å². The largest absolute Gasteiger partial charge is 0.481 e. The van der Waals surface area contributed by atoms with Crippen molar-refractivity contribution in [3.05, 3.63) is 12.2 Å². The molecule has 0 unspecified atom stereocenters. The third-order valence-corrected chi connectivity index (χ3v) is 10.2.